The molecule has 3 aliphatic carbocycles. The maximum Gasteiger partial charge on any atom is 0.165 e. The van der Waals surface area contributed by atoms with Gasteiger partial charge in [0.2, 0.25) is 0 Å². The van der Waals surface area contributed by atoms with Gasteiger partial charge < -0.3 is 20.1 Å². The van der Waals surface area contributed by atoms with E-state index in [-0.39, 0.29) is 11.8 Å². The Bertz CT molecular complexity index is 778. The van der Waals surface area contributed by atoms with Gasteiger partial charge in [0.15, 0.2) is 11.5 Å². The van der Waals surface area contributed by atoms with Crippen molar-refractivity contribution >= 4 is 0 Å². The zero-order valence-corrected chi connectivity index (χ0v) is 15.0. The minimum Gasteiger partial charge on any atom is -0.504 e. The first kappa shape index (κ1) is 15.7. The number of phenolic OH excluding ortho intramolecular Hbond substituents is 1. The molecule has 5 heteroatoms. The lowest BCUT2D eigenvalue weighted by Gasteiger charge is -2.64. The summed E-state index contributed by atoms with van der Waals surface area (Å²) in [7, 11) is 0. The van der Waals surface area contributed by atoms with E-state index < -0.39 is 23.2 Å². The van der Waals surface area contributed by atoms with Crippen molar-refractivity contribution in [1.82, 2.24) is 4.90 Å². The van der Waals surface area contributed by atoms with Gasteiger partial charge in [0.25, 0.3) is 0 Å². The zero-order chi connectivity index (χ0) is 17.7. The average molecular weight is 357 g/mol. The molecule has 1 aromatic carbocycles. The minimum atomic E-state index is -0.884. The quantitative estimate of drug-likeness (QED) is 0.751. The molecule has 3 N–H and O–H groups in total. The van der Waals surface area contributed by atoms with Crippen LogP contribution in [0, 0.1) is 5.92 Å². The fraction of sp³-hybridized carbons (Fsp3) is 0.714. The Labute approximate surface area is 153 Å². The van der Waals surface area contributed by atoms with Crippen LogP contribution in [0.4, 0.5) is 0 Å². The molecule has 3 unspecified atom stereocenters. The van der Waals surface area contributed by atoms with Crippen molar-refractivity contribution in [3.63, 3.8) is 0 Å². The molecule has 5 aliphatic rings. The Balaban J connectivity index is 1.52. The van der Waals surface area contributed by atoms with Gasteiger partial charge >= 0.3 is 0 Å². The van der Waals surface area contributed by atoms with Gasteiger partial charge in [-0.05, 0) is 62.6 Å². The molecular weight excluding hydrogens is 330 g/mol. The number of nitrogens with zero attached hydrogens (tertiary/aromatic N) is 1. The third-order valence-electron chi connectivity index (χ3n) is 8.26. The van der Waals surface area contributed by atoms with E-state index in [1.165, 1.54) is 24.8 Å². The van der Waals surface area contributed by atoms with Crippen LogP contribution in [0.25, 0.3) is 0 Å². The van der Waals surface area contributed by atoms with Crippen LogP contribution in [0.2, 0.25) is 0 Å². The van der Waals surface area contributed by atoms with E-state index in [1.807, 2.05) is 6.07 Å². The van der Waals surface area contributed by atoms with Crippen molar-refractivity contribution in [2.45, 2.75) is 74.2 Å². The van der Waals surface area contributed by atoms with E-state index in [9.17, 15) is 15.3 Å². The number of hydrogen-bond acceptors (Lipinski definition) is 5. The topological polar surface area (TPSA) is 73.2 Å². The largest absolute Gasteiger partial charge is 0.504 e. The maximum absolute atomic E-state index is 12.1. The third kappa shape index (κ3) is 1.64. The fourth-order valence-electron chi connectivity index (χ4n) is 6.83. The molecule has 2 aliphatic heterocycles. The SMILES string of the molecule is Oc1ccc2c3c1OC1[C@H](O)CCC4(O)C(C2)N(CC2CCC2)CC[C@@]314. The third-order valence-corrected chi connectivity index (χ3v) is 8.26. The Kier molecular flexibility index (Phi) is 2.99. The summed E-state index contributed by atoms with van der Waals surface area (Å²) in [6, 6.07) is 3.80. The summed E-state index contributed by atoms with van der Waals surface area (Å²) in [5.41, 5.74) is 0.712. The molecule has 1 spiro atoms. The van der Waals surface area contributed by atoms with Gasteiger partial charge in [0, 0.05) is 18.2 Å². The summed E-state index contributed by atoms with van der Waals surface area (Å²) < 4.78 is 6.16. The molecule has 6 rings (SSSR count). The molecule has 1 aromatic rings. The van der Waals surface area contributed by atoms with Crippen LogP contribution in [-0.2, 0) is 11.8 Å². The van der Waals surface area contributed by atoms with Crippen molar-refractivity contribution in [1.29, 1.82) is 0 Å². The Hall–Kier alpha value is -1.30. The van der Waals surface area contributed by atoms with E-state index in [4.69, 9.17) is 4.74 Å². The van der Waals surface area contributed by atoms with E-state index in [1.54, 1.807) is 6.07 Å². The number of phenols is 1. The van der Waals surface area contributed by atoms with Gasteiger partial charge in [-0.3, -0.25) is 4.90 Å². The summed E-state index contributed by atoms with van der Waals surface area (Å²) in [6.07, 6.45) is 5.68. The van der Waals surface area contributed by atoms with E-state index in [0.29, 0.717) is 18.6 Å². The van der Waals surface area contributed by atoms with Gasteiger partial charge in [-0.1, -0.05) is 12.5 Å². The number of aliphatic hydroxyl groups is 2. The smallest absolute Gasteiger partial charge is 0.165 e. The summed E-state index contributed by atoms with van der Waals surface area (Å²) in [4.78, 5) is 2.53. The number of rotatable bonds is 2. The van der Waals surface area contributed by atoms with Gasteiger partial charge in [0.1, 0.15) is 6.10 Å². The Morgan fingerprint density at radius 1 is 1.19 bits per heavy atom. The second-order valence-corrected chi connectivity index (χ2v) is 9.25. The van der Waals surface area contributed by atoms with Crippen molar-refractivity contribution in [3.8, 4) is 11.5 Å². The van der Waals surface area contributed by atoms with E-state index in [2.05, 4.69) is 4.90 Å². The lowest BCUT2D eigenvalue weighted by Crippen LogP contribution is -2.77. The van der Waals surface area contributed by atoms with Crippen molar-refractivity contribution in [3.05, 3.63) is 23.3 Å². The second-order valence-electron chi connectivity index (χ2n) is 9.25. The first-order valence-electron chi connectivity index (χ1n) is 10.2. The van der Waals surface area contributed by atoms with Crippen LogP contribution >= 0.6 is 0 Å². The molecule has 3 fully saturated rings. The highest BCUT2D eigenvalue weighted by molar-refractivity contribution is 5.62. The average Bonchev–Trinajstić information content (AvgIpc) is 2.93. The lowest BCUT2D eigenvalue weighted by molar-refractivity contribution is -0.209. The molecule has 0 amide bonds. The van der Waals surface area contributed by atoms with Crippen LogP contribution in [-0.4, -0.2) is 57.2 Å². The monoisotopic (exact) mass is 357 g/mol. The molecule has 2 heterocycles. The predicted molar refractivity (Wildman–Crippen MR) is 95.4 cm³/mol. The summed E-state index contributed by atoms with van der Waals surface area (Å²) >= 11 is 0. The molecule has 5 atom stereocenters. The zero-order valence-electron chi connectivity index (χ0n) is 15.0. The first-order chi connectivity index (χ1) is 12.5. The van der Waals surface area contributed by atoms with Crippen molar-refractivity contribution < 1.29 is 20.1 Å². The van der Waals surface area contributed by atoms with Gasteiger partial charge in [0.05, 0.1) is 17.1 Å². The lowest BCUT2D eigenvalue weighted by atomic mass is 9.48. The summed E-state index contributed by atoms with van der Waals surface area (Å²) in [6.45, 7) is 2.02. The molecule has 26 heavy (non-hydrogen) atoms. The van der Waals surface area contributed by atoms with Crippen LogP contribution < -0.4 is 4.74 Å². The predicted octanol–water partition coefficient (Wildman–Crippen LogP) is 1.71. The number of ether oxygens (including phenoxy) is 1. The van der Waals surface area contributed by atoms with Gasteiger partial charge in [-0.2, -0.15) is 0 Å². The van der Waals surface area contributed by atoms with Gasteiger partial charge in [-0.15, -0.1) is 0 Å². The highest BCUT2D eigenvalue weighted by Crippen LogP contribution is 2.65. The summed E-state index contributed by atoms with van der Waals surface area (Å²) in [5, 5.41) is 33.2. The molecule has 2 bridgehead atoms. The molecule has 140 valence electrons. The molecule has 0 aromatic heterocycles. The standard InChI is InChI=1S/C21H27NO4/c23-14-5-4-13-10-16-21(25)7-6-15(24)19-20(21,17(13)18(14)26-19)8-9-22(16)11-12-2-1-3-12/h4-5,12,15-16,19,23-25H,1-3,6-11H2/t15-,16?,19?,20-,21?/m1/s1. The molecule has 5 nitrogen and oxygen atoms in total. The van der Waals surface area contributed by atoms with Crippen molar-refractivity contribution in [2.75, 3.05) is 13.1 Å². The number of aliphatic hydroxyl groups excluding tert-OH is 1. The fourth-order valence-corrected chi connectivity index (χ4v) is 6.83. The summed E-state index contributed by atoms with van der Waals surface area (Å²) in [5.74, 6) is 1.42. The highest BCUT2D eigenvalue weighted by atomic mass is 16.5. The number of likely N-dealkylation sites (tertiary alicyclic amines) is 1. The van der Waals surface area contributed by atoms with Gasteiger partial charge in [-0.25, -0.2) is 0 Å². The van der Waals surface area contributed by atoms with E-state index >= 15 is 0 Å². The maximum atomic E-state index is 12.1. The Morgan fingerprint density at radius 3 is 2.81 bits per heavy atom. The molecular formula is C21H27NO4. The normalized spacial score (nSPS) is 43.5. The number of piperidine rings is 1. The second kappa shape index (κ2) is 4.94. The van der Waals surface area contributed by atoms with Crippen LogP contribution in [0.15, 0.2) is 12.1 Å². The first-order valence-corrected chi connectivity index (χ1v) is 10.2. The van der Waals surface area contributed by atoms with Crippen molar-refractivity contribution in [2.24, 2.45) is 5.92 Å². The van der Waals surface area contributed by atoms with Crippen LogP contribution in [0.3, 0.4) is 0 Å². The molecule has 0 radical (unpaired) electrons. The number of benzene rings is 1. The molecule has 2 saturated carbocycles. The number of aromatic hydroxyl groups is 1. The minimum absolute atomic E-state index is 0.0819. The number of hydrogen-bond donors (Lipinski definition) is 3. The van der Waals surface area contributed by atoms with Crippen LogP contribution in [0.1, 0.15) is 49.7 Å². The Morgan fingerprint density at radius 2 is 2.04 bits per heavy atom. The highest BCUT2D eigenvalue weighted by Gasteiger charge is 2.72. The molecule has 1 saturated heterocycles. The van der Waals surface area contributed by atoms with E-state index in [0.717, 1.165) is 37.4 Å². The van der Waals surface area contributed by atoms with Crippen LogP contribution in [0.5, 0.6) is 11.5 Å².